The van der Waals surface area contributed by atoms with Gasteiger partial charge in [0, 0.05) is 10.5 Å². The van der Waals surface area contributed by atoms with Crippen LogP contribution in [0.4, 0.5) is 4.39 Å². The molecule has 0 unspecified atom stereocenters. The Balaban J connectivity index is 2.13. The topological polar surface area (TPSA) is 72.8 Å². The van der Waals surface area contributed by atoms with E-state index in [0.717, 1.165) is 23.4 Å². The van der Waals surface area contributed by atoms with Crippen molar-refractivity contribution in [2.75, 3.05) is 20.0 Å². The molecule has 0 fully saturated rings. The molecule has 0 aliphatic heterocycles. The largest absolute Gasteiger partial charge is 0.493 e. The van der Waals surface area contributed by atoms with Gasteiger partial charge in [0.1, 0.15) is 5.82 Å². The molecule has 0 aliphatic rings. The van der Waals surface area contributed by atoms with Gasteiger partial charge in [0.15, 0.2) is 17.3 Å². The molecule has 0 bridgehead atoms. The van der Waals surface area contributed by atoms with E-state index in [-0.39, 0.29) is 22.0 Å². The lowest BCUT2D eigenvalue weighted by Crippen LogP contribution is -2.00. The molecule has 26 heavy (non-hydrogen) atoms. The number of halogens is 1. The average Bonchev–Trinajstić information content (AvgIpc) is 2.64. The lowest BCUT2D eigenvalue weighted by molar-refractivity contribution is -0.133. The van der Waals surface area contributed by atoms with Crippen LogP contribution < -0.4 is 9.47 Å². The second-order valence-electron chi connectivity index (χ2n) is 5.14. The van der Waals surface area contributed by atoms with Crippen LogP contribution in [0.3, 0.4) is 0 Å². The first-order valence-corrected chi connectivity index (χ1v) is 8.51. The van der Waals surface area contributed by atoms with Gasteiger partial charge in [-0.05, 0) is 42.0 Å². The fourth-order valence-corrected chi connectivity index (χ4v) is 2.78. The highest BCUT2D eigenvalue weighted by atomic mass is 32.2. The Morgan fingerprint density at radius 1 is 1.12 bits per heavy atom. The molecule has 0 saturated carbocycles. The van der Waals surface area contributed by atoms with E-state index in [9.17, 15) is 14.0 Å². The van der Waals surface area contributed by atoms with Gasteiger partial charge in [-0.3, -0.25) is 9.59 Å². The van der Waals surface area contributed by atoms with E-state index in [1.165, 1.54) is 32.4 Å². The number of methoxy groups -OCH3 is 2. The number of benzene rings is 2. The van der Waals surface area contributed by atoms with Crippen molar-refractivity contribution in [2.24, 2.45) is 0 Å². The molecule has 0 saturated heterocycles. The predicted molar refractivity (Wildman–Crippen MR) is 97.7 cm³/mol. The number of hydrogen-bond donors (Lipinski definition) is 1. The summed E-state index contributed by atoms with van der Waals surface area (Å²) in [6, 6.07) is 9.17. The second kappa shape index (κ2) is 9.05. The SMILES string of the molecule is COc1ccc(/C=C/C(=O)c2ccc(SCC(=O)O)c(F)c2)cc1OC. The lowest BCUT2D eigenvalue weighted by Gasteiger charge is -2.07. The van der Waals surface area contributed by atoms with E-state index in [1.54, 1.807) is 24.3 Å². The van der Waals surface area contributed by atoms with Gasteiger partial charge >= 0.3 is 5.97 Å². The quantitative estimate of drug-likeness (QED) is 0.428. The Labute approximate surface area is 154 Å². The summed E-state index contributed by atoms with van der Waals surface area (Å²) < 4.78 is 24.3. The maximum absolute atomic E-state index is 14.0. The molecule has 1 N–H and O–H groups in total. The third kappa shape index (κ3) is 5.10. The summed E-state index contributed by atoms with van der Waals surface area (Å²) in [5, 5.41) is 8.63. The van der Waals surface area contributed by atoms with Crippen LogP contribution in [0.2, 0.25) is 0 Å². The van der Waals surface area contributed by atoms with Crippen molar-refractivity contribution in [3.05, 3.63) is 59.4 Å². The van der Waals surface area contributed by atoms with Gasteiger partial charge in [0.2, 0.25) is 0 Å². The van der Waals surface area contributed by atoms with Crippen LogP contribution in [-0.2, 0) is 4.79 Å². The van der Waals surface area contributed by atoms with Crippen LogP contribution in [0.15, 0.2) is 47.4 Å². The molecule has 0 aliphatic carbocycles. The Morgan fingerprint density at radius 2 is 1.85 bits per heavy atom. The third-order valence-electron chi connectivity index (χ3n) is 3.40. The fraction of sp³-hybridized carbons (Fsp3) is 0.158. The first-order chi connectivity index (χ1) is 12.4. The number of ether oxygens (including phenoxy) is 2. The number of carbonyl (C=O) groups excluding carboxylic acids is 1. The predicted octanol–water partition coefficient (Wildman–Crippen LogP) is 3.92. The molecule has 0 spiro atoms. The molecule has 136 valence electrons. The fourth-order valence-electron chi connectivity index (χ4n) is 2.14. The molecule has 0 radical (unpaired) electrons. The van der Waals surface area contributed by atoms with Crippen LogP contribution in [-0.4, -0.2) is 36.8 Å². The van der Waals surface area contributed by atoms with Gasteiger partial charge in [0.05, 0.1) is 20.0 Å². The monoisotopic (exact) mass is 376 g/mol. The van der Waals surface area contributed by atoms with Crippen molar-refractivity contribution in [3.63, 3.8) is 0 Å². The number of thioether (sulfide) groups is 1. The first kappa shape index (κ1) is 19.5. The highest BCUT2D eigenvalue weighted by Gasteiger charge is 2.10. The second-order valence-corrected chi connectivity index (χ2v) is 6.16. The zero-order chi connectivity index (χ0) is 19.1. The van der Waals surface area contributed by atoms with Gasteiger partial charge in [-0.1, -0.05) is 12.1 Å². The van der Waals surface area contributed by atoms with E-state index >= 15 is 0 Å². The van der Waals surface area contributed by atoms with Gasteiger partial charge in [-0.2, -0.15) is 0 Å². The number of hydrogen-bond acceptors (Lipinski definition) is 5. The molecule has 0 heterocycles. The van der Waals surface area contributed by atoms with Gasteiger partial charge in [-0.25, -0.2) is 4.39 Å². The summed E-state index contributed by atoms with van der Waals surface area (Å²) in [4.78, 5) is 22.9. The standard InChI is InChI=1S/C19H17FO5S/c1-24-16-7-4-12(9-17(16)25-2)3-6-15(21)13-5-8-18(14(20)10-13)26-11-19(22)23/h3-10H,11H2,1-2H3,(H,22,23)/b6-3+. The lowest BCUT2D eigenvalue weighted by atomic mass is 10.1. The Morgan fingerprint density at radius 3 is 2.46 bits per heavy atom. The molecular weight excluding hydrogens is 359 g/mol. The molecule has 2 aromatic rings. The molecule has 0 aromatic heterocycles. The Bertz CT molecular complexity index is 848. The van der Waals surface area contributed by atoms with Gasteiger partial charge in [0.25, 0.3) is 0 Å². The summed E-state index contributed by atoms with van der Waals surface area (Å²) in [7, 11) is 3.05. The zero-order valence-corrected chi connectivity index (χ0v) is 15.0. The van der Waals surface area contributed by atoms with E-state index in [4.69, 9.17) is 14.6 Å². The molecule has 0 amide bonds. The summed E-state index contributed by atoms with van der Waals surface area (Å²) >= 11 is 0.864. The zero-order valence-electron chi connectivity index (χ0n) is 14.2. The van der Waals surface area contributed by atoms with Crippen LogP contribution in [0.1, 0.15) is 15.9 Å². The minimum Gasteiger partial charge on any atom is -0.493 e. The van der Waals surface area contributed by atoms with E-state index in [0.29, 0.717) is 11.5 Å². The number of allylic oxidation sites excluding steroid dienone is 1. The van der Waals surface area contributed by atoms with Gasteiger partial charge < -0.3 is 14.6 Å². The number of carboxylic acid groups (broad SMARTS) is 1. The van der Waals surface area contributed by atoms with Crippen LogP contribution in [0, 0.1) is 5.82 Å². The number of aliphatic carboxylic acids is 1. The molecule has 5 nitrogen and oxygen atoms in total. The van der Waals surface area contributed by atoms with Crippen molar-refractivity contribution in [1.29, 1.82) is 0 Å². The average molecular weight is 376 g/mol. The van der Waals surface area contributed by atoms with E-state index in [2.05, 4.69) is 0 Å². The Hall–Kier alpha value is -2.80. The minimum atomic E-state index is -1.03. The number of ketones is 1. The van der Waals surface area contributed by atoms with Crippen molar-refractivity contribution >= 4 is 29.6 Å². The maximum Gasteiger partial charge on any atom is 0.313 e. The normalized spacial score (nSPS) is 10.7. The molecule has 0 atom stereocenters. The third-order valence-corrected chi connectivity index (χ3v) is 4.44. The van der Waals surface area contributed by atoms with Crippen molar-refractivity contribution in [1.82, 2.24) is 0 Å². The minimum absolute atomic E-state index is 0.180. The van der Waals surface area contributed by atoms with Crippen molar-refractivity contribution < 1.29 is 28.6 Å². The van der Waals surface area contributed by atoms with Crippen molar-refractivity contribution in [2.45, 2.75) is 4.90 Å². The molecular formula is C19H17FO5S. The summed E-state index contributed by atoms with van der Waals surface area (Å²) in [6.07, 6.45) is 2.93. The molecule has 2 aromatic carbocycles. The highest BCUT2D eigenvalue weighted by Crippen LogP contribution is 2.28. The molecule has 7 heteroatoms. The van der Waals surface area contributed by atoms with E-state index in [1.807, 2.05) is 0 Å². The number of carbonyl (C=O) groups is 2. The number of carboxylic acids is 1. The number of rotatable bonds is 8. The smallest absolute Gasteiger partial charge is 0.313 e. The van der Waals surface area contributed by atoms with Crippen molar-refractivity contribution in [3.8, 4) is 11.5 Å². The van der Waals surface area contributed by atoms with Crippen LogP contribution in [0.25, 0.3) is 6.08 Å². The summed E-state index contributed by atoms with van der Waals surface area (Å²) in [5.41, 5.74) is 0.906. The van der Waals surface area contributed by atoms with Crippen LogP contribution >= 0.6 is 11.8 Å². The van der Waals surface area contributed by atoms with Crippen LogP contribution in [0.5, 0.6) is 11.5 Å². The van der Waals surface area contributed by atoms with Gasteiger partial charge in [-0.15, -0.1) is 11.8 Å². The highest BCUT2D eigenvalue weighted by molar-refractivity contribution is 8.00. The molecule has 2 rings (SSSR count). The summed E-state index contributed by atoms with van der Waals surface area (Å²) in [5.74, 6) is -1.16. The summed E-state index contributed by atoms with van der Waals surface area (Å²) in [6.45, 7) is 0. The van der Waals surface area contributed by atoms with E-state index < -0.39 is 11.8 Å². The maximum atomic E-state index is 14.0. The Kier molecular flexibility index (Phi) is 6.80. The first-order valence-electron chi connectivity index (χ1n) is 7.53.